The van der Waals surface area contributed by atoms with Crippen molar-refractivity contribution >= 4 is 5.97 Å². The highest BCUT2D eigenvalue weighted by molar-refractivity contribution is 5.68. The van der Waals surface area contributed by atoms with Crippen molar-refractivity contribution in [2.75, 3.05) is 0 Å². The van der Waals surface area contributed by atoms with E-state index in [1.807, 2.05) is 6.08 Å². The summed E-state index contributed by atoms with van der Waals surface area (Å²) in [7, 11) is 0. The Morgan fingerprint density at radius 1 is 1.50 bits per heavy atom. The van der Waals surface area contributed by atoms with E-state index in [-0.39, 0.29) is 6.42 Å². The van der Waals surface area contributed by atoms with Crippen LogP contribution in [0.5, 0.6) is 0 Å². The summed E-state index contributed by atoms with van der Waals surface area (Å²) < 4.78 is 0. The van der Waals surface area contributed by atoms with Gasteiger partial charge >= 0.3 is 5.97 Å². The molecule has 0 rings (SSSR count). The molecule has 58 valence electrons. The molecule has 2 heteroatoms. The van der Waals surface area contributed by atoms with Gasteiger partial charge in [-0.05, 0) is 6.42 Å². The Labute approximate surface area is 61.6 Å². The van der Waals surface area contributed by atoms with Crippen LogP contribution in [0, 0.1) is 0 Å². The number of hydrogen-bond donors (Lipinski definition) is 1. The highest BCUT2D eigenvalue weighted by atomic mass is 16.4. The SMILES string of the molecule is CCCC/C=C\CC(=O)O. The van der Waals surface area contributed by atoms with Crippen LogP contribution in [0.25, 0.3) is 0 Å². The maximum atomic E-state index is 9.98. The standard InChI is InChI=1S/C8H14O2/c1-2-3-4-5-6-7-8(9)10/h5-6H,2-4,7H2,1H3,(H,9,10)/b6-5-. The van der Waals surface area contributed by atoms with E-state index in [9.17, 15) is 4.79 Å². The fraction of sp³-hybridized carbons (Fsp3) is 0.625. The molecule has 0 aromatic carbocycles. The summed E-state index contributed by atoms with van der Waals surface area (Å²) in [5.74, 6) is -0.757. The summed E-state index contributed by atoms with van der Waals surface area (Å²) in [5, 5.41) is 8.22. The van der Waals surface area contributed by atoms with Gasteiger partial charge in [-0.3, -0.25) is 4.79 Å². The average Bonchev–Trinajstić information content (AvgIpc) is 1.87. The first kappa shape index (κ1) is 9.21. The molecule has 0 heterocycles. The topological polar surface area (TPSA) is 37.3 Å². The minimum Gasteiger partial charge on any atom is -0.481 e. The van der Waals surface area contributed by atoms with Crippen LogP contribution < -0.4 is 0 Å². The van der Waals surface area contributed by atoms with Crippen molar-refractivity contribution in [2.45, 2.75) is 32.6 Å². The number of rotatable bonds is 5. The molecule has 2 nitrogen and oxygen atoms in total. The molecule has 0 amide bonds. The quantitative estimate of drug-likeness (QED) is 0.472. The lowest BCUT2D eigenvalue weighted by molar-refractivity contribution is -0.136. The minimum atomic E-state index is -0.757. The van der Waals surface area contributed by atoms with Crippen molar-refractivity contribution in [1.82, 2.24) is 0 Å². The number of aliphatic carboxylic acids is 1. The predicted molar refractivity (Wildman–Crippen MR) is 40.9 cm³/mol. The Kier molecular flexibility index (Phi) is 5.83. The Morgan fingerprint density at radius 3 is 2.70 bits per heavy atom. The molecule has 0 aliphatic heterocycles. The molecular formula is C8H14O2. The van der Waals surface area contributed by atoms with E-state index in [2.05, 4.69) is 6.92 Å². The van der Waals surface area contributed by atoms with Crippen molar-refractivity contribution in [3.8, 4) is 0 Å². The summed E-state index contributed by atoms with van der Waals surface area (Å²) in [6.07, 6.45) is 7.11. The van der Waals surface area contributed by atoms with Crippen LogP contribution in [0.1, 0.15) is 32.6 Å². The van der Waals surface area contributed by atoms with Crippen molar-refractivity contribution in [2.24, 2.45) is 0 Å². The van der Waals surface area contributed by atoms with E-state index in [1.54, 1.807) is 6.08 Å². The molecular weight excluding hydrogens is 128 g/mol. The summed E-state index contributed by atoms with van der Waals surface area (Å²) >= 11 is 0. The second-order valence-corrected chi connectivity index (χ2v) is 2.21. The van der Waals surface area contributed by atoms with E-state index >= 15 is 0 Å². The molecule has 0 spiro atoms. The van der Waals surface area contributed by atoms with Gasteiger partial charge in [0.25, 0.3) is 0 Å². The van der Waals surface area contributed by atoms with Crippen LogP contribution in [0.3, 0.4) is 0 Å². The molecule has 1 N–H and O–H groups in total. The number of unbranched alkanes of at least 4 members (excludes halogenated alkanes) is 2. The molecule has 0 aliphatic rings. The predicted octanol–water partition coefficient (Wildman–Crippen LogP) is 2.21. The largest absolute Gasteiger partial charge is 0.481 e. The first-order valence-electron chi connectivity index (χ1n) is 3.64. The second kappa shape index (κ2) is 6.33. The monoisotopic (exact) mass is 142 g/mol. The highest BCUT2D eigenvalue weighted by Gasteiger charge is 1.87. The Morgan fingerprint density at radius 2 is 2.20 bits per heavy atom. The fourth-order valence-corrected chi connectivity index (χ4v) is 0.624. The first-order valence-corrected chi connectivity index (χ1v) is 3.64. The van der Waals surface area contributed by atoms with Gasteiger partial charge in [-0.2, -0.15) is 0 Å². The van der Waals surface area contributed by atoms with Gasteiger partial charge in [0.1, 0.15) is 0 Å². The Balaban J connectivity index is 3.12. The highest BCUT2D eigenvalue weighted by Crippen LogP contribution is 1.95. The van der Waals surface area contributed by atoms with Gasteiger partial charge in [-0.15, -0.1) is 0 Å². The van der Waals surface area contributed by atoms with E-state index in [4.69, 9.17) is 5.11 Å². The number of hydrogen-bond acceptors (Lipinski definition) is 1. The van der Waals surface area contributed by atoms with Crippen molar-refractivity contribution < 1.29 is 9.90 Å². The number of carboxylic acids is 1. The molecule has 0 radical (unpaired) electrons. The normalized spacial score (nSPS) is 10.5. The summed E-state index contributed by atoms with van der Waals surface area (Å²) in [5.41, 5.74) is 0. The third kappa shape index (κ3) is 7.21. The zero-order valence-corrected chi connectivity index (χ0v) is 6.34. The lowest BCUT2D eigenvalue weighted by Crippen LogP contribution is -1.89. The first-order chi connectivity index (χ1) is 4.77. The van der Waals surface area contributed by atoms with Crippen LogP contribution in [0.15, 0.2) is 12.2 Å². The molecule has 0 saturated heterocycles. The summed E-state index contributed by atoms with van der Waals surface area (Å²) in [4.78, 5) is 9.98. The van der Waals surface area contributed by atoms with Crippen LogP contribution in [-0.2, 0) is 4.79 Å². The molecule has 10 heavy (non-hydrogen) atoms. The van der Waals surface area contributed by atoms with Gasteiger partial charge in [0.05, 0.1) is 6.42 Å². The van der Waals surface area contributed by atoms with Gasteiger partial charge in [0, 0.05) is 0 Å². The molecule has 0 aromatic heterocycles. The molecule has 0 fully saturated rings. The van der Waals surface area contributed by atoms with Gasteiger partial charge in [0.2, 0.25) is 0 Å². The van der Waals surface area contributed by atoms with Crippen LogP contribution >= 0.6 is 0 Å². The Bertz CT molecular complexity index is 116. The molecule has 0 atom stereocenters. The molecule has 0 saturated carbocycles. The molecule has 0 aliphatic carbocycles. The molecule has 0 unspecified atom stereocenters. The number of carbonyl (C=O) groups is 1. The third-order valence-corrected chi connectivity index (χ3v) is 1.18. The van der Waals surface area contributed by atoms with Crippen molar-refractivity contribution in [3.05, 3.63) is 12.2 Å². The number of allylic oxidation sites excluding steroid dienone is 1. The Hall–Kier alpha value is -0.790. The third-order valence-electron chi connectivity index (χ3n) is 1.18. The van der Waals surface area contributed by atoms with Crippen LogP contribution in [0.4, 0.5) is 0 Å². The average molecular weight is 142 g/mol. The maximum Gasteiger partial charge on any atom is 0.307 e. The smallest absolute Gasteiger partial charge is 0.307 e. The van der Waals surface area contributed by atoms with E-state index in [1.165, 1.54) is 0 Å². The van der Waals surface area contributed by atoms with Gasteiger partial charge in [0.15, 0.2) is 0 Å². The lowest BCUT2D eigenvalue weighted by atomic mass is 10.2. The van der Waals surface area contributed by atoms with E-state index < -0.39 is 5.97 Å². The summed E-state index contributed by atoms with van der Waals surface area (Å²) in [6.45, 7) is 2.12. The van der Waals surface area contributed by atoms with E-state index in [0.717, 1.165) is 19.3 Å². The van der Waals surface area contributed by atoms with Gasteiger partial charge < -0.3 is 5.11 Å². The lowest BCUT2D eigenvalue weighted by Gasteiger charge is -1.86. The zero-order valence-electron chi connectivity index (χ0n) is 6.34. The maximum absolute atomic E-state index is 9.98. The van der Waals surface area contributed by atoms with Gasteiger partial charge in [-0.1, -0.05) is 31.9 Å². The van der Waals surface area contributed by atoms with Crippen molar-refractivity contribution in [3.63, 3.8) is 0 Å². The zero-order chi connectivity index (χ0) is 7.82. The summed E-state index contributed by atoms with van der Waals surface area (Å²) in [6, 6.07) is 0. The molecule has 0 bridgehead atoms. The molecule has 0 aromatic rings. The van der Waals surface area contributed by atoms with Crippen LogP contribution in [-0.4, -0.2) is 11.1 Å². The number of carboxylic acid groups (broad SMARTS) is 1. The van der Waals surface area contributed by atoms with Gasteiger partial charge in [-0.25, -0.2) is 0 Å². The van der Waals surface area contributed by atoms with E-state index in [0.29, 0.717) is 0 Å². The van der Waals surface area contributed by atoms with Crippen molar-refractivity contribution in [1.29, 1.82) is 0 Å². The fourth-order valence-electron chi connectivity index (χ4n) is 0.624. The second-order valence-electron chi connectivity index (χ2n) is 2.21. The minimum absolute atomic E-state index is 0.156. The van der Waals surface area contributed by atoms with Crippen LogP contribution in [0.2, 0.25) is 0 Å².